The zero-order chi connectivity index (χ0) is 20.8. The lowest BCUT2D eigenvalue weighted by molar-refractivity contribution is 0.0942. The number of nitrogens with zero attached hydrogens (tertiary/aromatic N) is 2. The minimum Gasteiger partial charge on any atom is -0.352 e. The molecule has 0 aliphatic carbocycles. The number of nitrogens with one attached hydrogen (secondary N) is 2. The van der Waals surface area contributed by atoms with Crippen LogP contribution in [0.15, 0.2) is 54.7 Å². The summed E-state index contributed by atoms with van der Waals surface area (Å²) in [5, 5.41) is 9.43. The Morgan fingerprint density at radius 3 is 2.45 bits per heavy atom. The zero-order valence-corrected chi connectivity index (χ0v) is 15.8. The molecule has 0 aliphatic heterocycles. The number of halogens is 2. The predicted molar refractivity (Wildman–Crippen MR) is 104 cm³/mol. The van der Waals surface area contributed by atoms with E-state index in [1.807, 2.05) is 6.92 Å². The summed E-state index contributed by atoms with van der Waals surface area (Å²) in [5.74, 6) is -2.23. The van der Waals surface area contributed by atoms with Gasteiger partial charge in [0.05, 0.1) is 0 Å². The van der Waals surface area contributed by atoms with Gasteiger partial charge in [-0.3, -0.25) is 9.59 Å². The molecular formula is C21H20F2N4O2. The molecule has 2 aromatic carbocycles. The van der Waals surface area contributed by atoms with E-state index in [0.29, 0.717) is 12.1 Å². The van der Waals surface area contributed by atoms with Crippen molar-refractivity contribution < 1.29 is 18.4 Å². The quantitative estimate of drug-likeness (QED) is 0.642. The first kappa shape index (κ1) is 20.2. The first-order valence-corrected chi connectivity index (χ1v) is 9.15. The number of hydrogen-bond donors (Lipinski definition) is 2. The molecule has 0 spiro atoms. The number of carbonyl (C=O) groups excluding carboxylic acids is 2. The van der Waals surface area contributed by atoms with Crippen LogP contribution in [0.5, 0.6) is 0 Å². The first-order valence-electron chi connectivity index (χ1n) is 9.15. The van der Waals surface area contributed by atoms with Crippen LogP contribution in [-0.2, 0) is 6.54 Å². The summed E-state index contributed by atoms with van der Waals surface area (Å²) in [4.78, 5) is 24.4. The lowest BCUT2D eigenvalue weighted by Gasteiger charge is -2.07. The van der Waals surface area contributed by atoms with Gasteiger partial charge in [-0.1, -0.05) is 25.1 Å². The molecule has 3 rings (SSSR count). The molecule has 8 heteroatoms. The van der Waals surface area contributed by atoms with Crippen molar-refractivity contribution in [3.8, 4) is 5.69 Å². The Bertz CT molecular complexity index is 1010. The molecule has 29 heavy (non-hydrogen) atoms. The average molecular weight is 398 g/mol. The Balaban J connectivity index is 1.66. The monoisotopic (exact) mass is 398 g/mol. The lowest BCUT2D eigenvalue weighted by Crippen LogP contribution is -2.25. The summed E-state index contributed by atoms with van der Waals surface area (Å²) in [6, 6.07) is 11.8. The molecule has 6 nitrogen and oxygen atoms in total. The third-order valence-corrected chi connectivity index (χ3v) is 4.17. The van der Waals surface area contributed by atoms with Gasteiger partial charge in [-0.05, 0) is 42.3 Å². The second kappa shape index (κ2) is 9.09. The van der Waals surface area contributed by atoms with Crippen LogP contribution in [0, 0.1) is 11.6 Å². The average Bonchev–Trinajstić information content (AvgIpc) is 3.20. The van der Waals surface area contributed by atoms with Crippen molar-refractivity contribution in [2.24, 2.45) is 0 Å². The Morgan fingerprint density at radius 2 is 1.72 bits per heavy atom. The van der Waals surface area contributed by atoms with Gasteiger partial charge in [-0.15, -0.1) is 0 Å². The van der Waals surface area contributed by atoms with Crippen molar-refractivity contribution in [2.75, 3.05) is 6.54 Å². The number of carbonyl (C=O) groups is 2. The number of amides is 2. The van der Waals surface area contributed by atoms with Gasteiger partial charge in [0.25, 0.3) is 11.8 Å². The van der Waals surface area contributed by atoms with E-state index in [4.69, 9.17) is 0 Å². The highest BCUT2D eigenvalue weighted by Crippen LogP contribution is 2.17. The summed E-state index contributed by atoms with van der Waals surface area (Å²) >= 11 is 0. The lowest BCUT2D eigenvalue weighted by atomic mass is 10.1. The molecule has 0 unspecified atom stereocenters. The summed E-state index contributed by atoms with van der Waals surface area (Å²) in [5.41, 5.74) is 0.911. The molecule has 0 atom stereocenters. The summed E-state index contributed by atoms with van der Waals surface area (Å²) < 4.78 is 28.7. The molecule has 0 saturated heterocycles. The molecule has 0 saturated carbocycles. The van der Waals surface area contributed by atoms with Crippen molar-refractivity contribution in [1.82, 2.24) is 20.4 Å². The first-order chi connectivity index (χ1) is 14.0. The highest BCUT2D eigenvalue weighted by molar-refractivity contribution is 5.94. The number of aromatic nitrogens is 2. The van der Waals surface area contributed by atoms with E-state index < -0.39 is 17.5 Å². The molecule has 2 N–H and O–H groups in total. The molecule has 1 aromatic heterocycles. The fourth-order valence-electron chi connectivity index (χ4n) is 2.71. The topological polar surface area (TPSA) is 76.0 Å². The van der Waals surface area contributed by atoms with Crippen LogP contribution in [0.25, 0.3) is 5.69 Å². The molecule has 0 bridgehead atoms. The van der Waals surface area contributed by atoms with Crippen LogP contribution >= 0.6 is 0 Å². The van der Waals surface area contributed by atoms with Crippen molar-refractivity contribution in [2.45, 2.75) is 19.9 Å². The number of benzene rings is 2. The molecule has 2 amide bonds. The fourth-order valence-corrected chi connectivity index (χ4v) is 2.71. The number of para-hydroxylation sites is 1. The maximum Gasteiger partial charge on any atom is 0.272 e. The van der Waals surface area contributed by atoms with Gasteiger partial charge < -0.3 is 10.6 Å². The Labute approximate surface area is 166 Å². The standard InChI is InChI=1S/C21H20F2N4O2/c1-2-10-24-20(28)15-6-3-5-14(12-15)13-25-21(29)18-9-11-27(26-18)19-16(22)7-4-8-17(19)23/h3-9,11-12H,2,10,13H2,1H3,(H,24,28)(H,25,29). The van der Waals surface area contributed by atoms with Crippen LogP contribution in [0.4, 0.5) is 8.78 Å². The normalized spacial score (nSPS) is 10.6. The van der Waals surface area contributed by atoms with Gasteiger partial charge in [-0.25, -0.2) is 13.5 Å². The van der Waals surface area contributed by atoms with Crippen LogP contribution in [0.2, 0.25) is 0 Å². The third-order valence-electron chi connectivity index (χ3n) is 4.17. The van der Waals surface area contributed by atoms with Gasteiger partial charge in [0.2, 0.25) is 0 Å². The molecule has 0 aliphatic rings. The Morgan fingerprint density at radius 1 is 1.00 bits per heavy atom. The van der Waals surface area contributed by atoms with Crippen molar-refractivity contribution in [1.29, 1.82) is 0 Å². The van der Waals surface area contributed by atoms with E-state index >= 15 is 0 Å². The van der Waals surface area contributed by atoms with Crippen molar-refractivity contribution in [3.63, 3.8) is 0 Å². The minimum absolute atomic E-state index is 0.0181. The fraction of sp³-hybridized carbons (Fsp3) is 0.190. The van der Waals surface area contributed by atoms with Crippen LogP contribution in [0.1, 0.15) is 39.8 Å². The van der Waals surface area contributed by atoms with E-state index in [1.165, 1.54) is 18.3 Å². The maximum absolute atomic E-state index is 13.9. The van der Waals surface area contributed by atoms with Gasteiger partial charge in [0.15, 0.2) is 17.3 Å². The number of rotatable bonds is 7. The Hall–Kier alpha value is -3.55. The van der Waals surface area contributed by atoms with E-state index in [-0.39, 0.29) is 23.8 Å². The molecule has 150 valence electrons. The molecule has 3 aromatic rings. The smallest absolute Gasteiger partial charge is 0.272 e. The maximum atomic E-state index is 13.9. The van der Waals surface area contributed by atoms with Crippen molar-refractivity contribution >= 4 is 11.8 Å². The molecule has 0 fully saturated rings. The SMILES string of the molecule is CCCNC(=O)c1cccc(CNC(=O)c2ccn(-c3c(F)cccc3F)n2)c1. The Kier molecular flexibility index (Phi) is 6.33. The molecular weight excluding hydrogens is 378 g/mol. The van der Waals surface area contributed by atoms with Crippen molar-refractivity contribution in [3.05, 3.63) is 83.2 Å². The summed E-state index contributed by atoms with van der Waals surface area (Å²) in [7, 11) is 0. The van der Waals surface area contributed by atoms with E-state index in [1.54, 1.807) is 24.3 Å². The second-order valence-electron chi connectivity index (χ2n) is 6.35. The van der Waals surface area contributed by atoms with E-state index in [2.05, 4.69) is 15.7 Å². The zero-order valence-electron chi connectivity index (χ0n) is 15.8. The predicted octanol–water partition coefficient (Wildman–Crippen LogP) is 3.22. The summed E-state index contributed by atoms with van der Waals surface area (Å²) in [6.07, 6.45) is 2.15. The van der Waals surface area contributed by atoms with Crippen LogP contribution < -0.4 is 10.6 Å². The minimum atomic E-state index is -0.779. The van der Waals surface area contributed by atoms with Gasteiger partial charge in [0.1, 0.15) is 5.69 Å². The van der Waals surface area contributed by atoms with Gasteiger partial charge >= 0.3 is 0 Å². The summed E-state index contributed by atoms with van der Waals surface area (Å²) in [6.45, 7) is 2.73. The highest BCUT2D eigenvalue weighted by Gasteiger charge is 2.15. The van der Waals surface area contributed by atoms with E-state index in [9.17, 15) is 18.4 Å². The van der Waals surface area contributed by atoms with E-state index in [0.717, 1.165) is 28.8 Å². The second-order valence-corrected chi connectivity index (χ2v) is 6.35. The van der Waals surface area contributed by atoms with Gasteiger partial charge in [-0.2, -0.15) is 5.10 Å². The number of hydrogen-bond acceptors (Lipinski definition) is 3. The van der Waals surface area contributed by atoms with Crippen LogP contribution in [-0.4, -0.2) is 28.1 Å². The van der Waals surface area contributed by atoms with Gasteiger partial charge in [0, 0.05) is 24.8 Å². The third kappa shape index (κ3) is 4.84. The molecule has 1 heterocycles. The highest BCUT2D eigenvalue weighted by atomic mass is 19.1. The van der Waals surface area contributed by atoms with Crippen LogP contribution in [0.3, 0.4) is 0 Å². The largest absolute Gasteiger partial charge is 0.352 e. The molecule has 0 radical (unpaired) electrons.